The molecule has 0 spiro atoms. The van der Waals surface area contributed by atoms with Gasteiger partial charge in [-0.2, -0.15) is 5.10 Å². The highest BCUT2D eigenvalue weighted by atomic mass is 19.1. The lowest BCUT2D eigenvalue weighted by molar-refractivity contribution is 0.0820. The molecule has 0 fully saturated rings. The van der Waals surface area contributed by atoms with E-state index in [1.165, 1.54) is 23.9 Å². The number of ether oxygens (including phenoxy) is 3. The number of methoxy groups -OCH3 is 3. The average Bonchev–Trinajstić information content (AvgIpc) is 3.15. The first-order valence-corrected chi connectivity index (χ1v) is 9.29. The zero-order valence-electron chi connectivity index (χ0n) is 17.3. The van der Waals surface area contributed by atoms with Crippen LogP contribution in [0.3, 0.4) is 0 Å². The van der Waals surface area contributed by atoms with Crippen LogP contribution >= 0.6 is 0 Å². The first-order valence-electron chi connectivity index (χ1n) is 9.29. The molecular formula is C22H24FN3O4. The molecule has 0 aliphatic heterocycles. The van der Waals surface area contributed by atoms with Crippen molar-refractivity contribution in [3.05, 3.63) is 65.6 Å². The molecule has 1 atom stereocenters. The highest BCUT2D eigenvalue weighted by molar-refractivity contribution is 5.94. The minimum absolute atomic E-state index is 0.182. The van der Waals surface area contributed by atoms with E-state index in [0.29, 0.717) is 34.0 Å². The number of amides is 1. The maximum Gasteiger partial charge on any atom is 0.269 e. The van der Waals surface area contributed by atoms with Crippen molar-refractivity contribution in [1.82, 2.24) is 15.1 Å². The van der Waals surface area contributed by atoms with E-state index in [0.717, 1.165) is 0 Å². The molecule has 1 unspecified atom stereocenters. The van der Waals surface area contributed by atoms with Crippen molar-refractivity contribution in [3.63, 3.8) is 0 Å². The number of carbonyl (C=O) groups is 1. The second-order valence-corrected chi connectivity index (χ2v) is 6.59. The molecule has 1 N–H and O–H groups in total. The van der Waals surface area contributed by atoms with Gasteiger partial charge in [0.25, 0.3) is 5.91 Å². The van der Waals surface area contributed by atoms with Crippen LogP contribution in [0.5, 0.6) is 11.5 Å². The standard InChI is InChI=1S/C22H24FN3O4/c1-26-19(12-18(25-26)17-11-16(28-2)8-9-20(17)29-3)22(27)24-13-21(30-4)14-6-5-7-15(23)10-14/h5-12,21H,13H2,1-4H3,(H,24,27). The first-order chi connectivity index (χ1) is 14.5. The van der Waals surface area contributed by atoms with Crippen molar-refractivity contribution in [2.24, 2.45) is 7.05 Å². The molecule has 158 valence electrons. The minimum Gasteiger partial charge on any atom is -0.497 e. The van der Waals surface area contributed by atoms with Crippen molar-refractivity contribution in [3.8, 4) is 22.8 Å². The number of carbonyl (C=O) groups excluding carboxylic acids is 1. The van der Waals surface area contributed by atoms with Crippen LogP contribution in [0.15, 0.2) is 48.5 Å². The monoisotopic (exact) mass is 413 g/mol. The van der Waals surface area contributed by atoms with Gasteiger partial charge < -0.3 is 19.5 Å². The summed E-state index contributed by atoms with van der Waals surface area (Å²) in [6, 6.07) is 13.1. The lowest BCUT2D eigenvalue weighted by Gasteiger charge is -2.16. The number of rotatable bonds is 8. The highest BCUT2D eigenvalue weighted by Crippen LogP contribution is 2.33. The largest absolute Gasteiger partial charge is 0.497 e. The number of hydrogen-bond donors (Lipinski definition) is 1. The Labute approximate surface area is 174 Å². The third-order valence-electron chi connectivity index (χ3n) is 4.75. The fourth-order valence-electron chi connectivity index (χ4n) is 3.15. The van der Waals surface area contributed by atoms with E-state index >= 15 is 0 Å². The van der Waals surface area contributed by atoms with Crippen LogP contribution in [0.4, 0.5) is 4.39 Å². The van der Waals surface area contributed by atoms with Crippen LogP contribution < -0.4 is 14.8 Å². The van der Waals surface area contributed by atoms with Crippen molar-refractivity contribution >= 4 is 5.91 Å². The quantitative estimate of drug-likeness (QED) is 0.613. The van der Waals surface area contributed by atoms with Gasteiger partial charge in [0.2, 0.25) is 0 Å². The molecular weight excluding hydrogens is 389 g/mol. The summed E-state index contributed by atoms with van der Waals surface area (Å²) in [6.07, 6.45) is -0.476. The Morgan fingerprint density at radius 2 is 1.93 bits per heavy atom. The number of aryl methyl sites for hydroxylation is 1. The van der Waals surface area contributed by atoms with Gasteiger partial charge in [-0.05, 0) is 42.0 Å². The maximum atomic E-state index is 13.5. The van der Waals surface area contributed by atoms with Crippen molar-refractivity contribution in [2.75, 3.05) is 27.9 Å². The molecule has 1 aromatic heterocycles. The SMILES string of the molecule is COc1ccc(OC)c(-c2cc(C(=O)NCC(OC)c3cccc(F)c3)n(C)n2)c1. The van der Waals surface area contributed by atoms with E-state index in [9.17, 15) is 9.18 Å². The highest BCUT2D eigenvalue weighted by Gasteiger charge is 2.19. The number of hydrogen-bond acceptors (Lipinski definition) is 5. The molecule has 1 heterocycles. The van der Waals surface area contributed by atoms with Gasteiger partial charge in [0.1, 0.15) is 23.0 Å². The van der Waals surface area contributed by atoms with Crippen LogP contribution in [0, 0.1) is 5.82 Å². The van der Waals surface area contributed by atoms with Crippen LogP contribution in [0.25, 0.3) is 11.3 Å². The molecule has 2 aromatic carbocycles. The van der Waals surface area contributed by atoms with Gasteiger partial charge >= 0.3 is 0 Å². The summed E-state index contributed by atoms with van der Waals surface area (Å²) in [5, 5.41) is 7.26. The molecule has 3 aromatic rings. The Hall–Kier alpha value is -3.39. The van der Waals surface area contributed by atoms with E-state index in [4.69, 9.17) is 14.2 Å². The minimum atomic E-state index is -0.476. The summed E-state index contributed by atoms with van der Waals surface area (Å²) in [7, 11) is 6.34. The van der Waals surface area contributed by atoms with Gasteiger partial charge in [0.15, 0.2) is 0 Å². The number of benzene rings is 2. The van der Waals surface area contributed by atoms with E-state index in [1.807, 2.05) is 0 Å². The molecule has 0 saturated carbocycles. The predicted molar refractivity (Wildman–Crippen MR) is 110 cm³/mol. The average molecular weight is 413 g/mol. The van der Waals surface area contributed by atoms with Gasteiger partial charge in [-0.1, -0.05) is 12.1 Å². The van der Waals surface area contributed by atoms with E-state index in [1.54, 1.807) is 57.7 Å². The van der Waals surface area contributed by atoms with Crippen molar-refractivity contribution in [1.29, 1.82) is 0 Å². The van der Waals surface area contributed by atoms with Gasteiger partial charge in [-0.3, -0.25) is 9.48 Å². The molecule has 0 saturated heterocycles. The van der Waals surface area contributed by atoms with E-state index < -0.39 is 6.10 Å². The van der Waals surface area contributed by atoms with Crippen LogP contribution in [0.2, 0.25) is 0 Å². The van der Waals surface area contributed by atoms with Gasteiger partial charge in [0, 0.05) is 26.3 Å². The van der Waals surface area contributed by atoms with E-state index in [2.05, 4.69) is 10.4 Å². The van der Waals surface area contributed by atoms with E-state index in [-0.39, 0.29) is 18.3 Å². The summed E-state index contributed by atoms with van der Waals surface area (Å²) in [5.74, 6) is 0.591. The smallest absolute Gasteiger partial charge is 0.269 e. The summed E-state index contributed by atoms with van der Waals surface area (Å²) in [4.78, 5) is 12.7. The van der Waals surface area contributed by atoms with Crippen molar-refractivity contribution in [2.45, 2.75) is 6.10 Å². The number of nitrogens with one attached hydrogen (secondary N) is 1. The molecule has 0 aliphatic rings. The molecule has 1 amide bonds. The molecule has 30 heavy (non-hydrogen) atoms. The zero-order chi connectivity index (χ0) is 21.7. The lowest BCUT2D eigenvalue weighted by Crippen LogP contribution is -2.30. The van der Waals surface area contributed by atoms with Crippen molar-refractivity contribution < 1.29 is 23.4 Å². The second kappa shape index (κ2) is 9.41. The first kappa shape index (κ1) is 21.3. The normalized spacial score (nSPS) is 11.8. The molecule has 0 bridgehead atoms. The topological polar surface area (TPSA) is 74.6 Å². The Morgan fingerprint density at radius 1 is 1.13 bits per heavy atom. The Morgan fingerprint density at radius 3 is 2.60 bits per heavy atom. The zero-order valence-corrected chi connectivity index (χ0v) is 17.3. The fraction of sp³-hybridized carbons (Fsp3) is 0.273. The summed E-state index contributed by atoms with van der Waals surface area (Å²) < 4.78 is 31.1. The molecule has 0 radical (unpaired) electrons. The summed E-state index contributed by atoms with van der Waals surface area (Å²) in [5.41, 5.74) is 2.29. The molecule has 8 heteroatoms. The number of halogens is 1. The van der Waals surface area contributed by atoms with Crippen LogP contribution in [0.1, 0.15) is 22.2 Å². The summed E-state index contributed by atoms with van der Waals surface area (Å²) in [6.45, 7) is 0.182. The van der Waals surface area contributed by atoms with Crippen LogP contribution in [-0.4, -0.2) is 43.6 Å². The van der Waals surface area contributed by atoms with Gasteiger partial charge in [0.05, 0.1) is 26.0 Å². The number of aromatic nitrogens is 2. The summed E-state index contributed by atoms with van der Waals surface area (Å²) >= 11 is 0. The number of nitrogens with zero attached hydrogens (tertiary/aromatic N) is 2. The van der Waals surface area contributed by atoms with Gasteiger partial charge in [-0.15, -0.1) is 0 Å². The molecule has 0 aliphatic carbocycles. The fourth-order valence-corrected chi connectivity index (χ4v) is 3.15. The Kier molecular flexibility index (Phi) is 6.68. The molecule has 7 nitrogen and oxygen atoms in total. The van der Waals surface area contributed by atoms with Gasteiger partial charge in [-0.25, -0.2) is 4.39 Å². The second-order valence-electron chi connectivity index (χ2n) is 6.59. The third-order valence-corrected chi connectivity index (χ3v) is 4.75. The maximum absolute atomic E-state index is 13.5. The molecule has 3 rings (SSSR count). The lowest BCUT2D eigenvalue weighted by atomic mass is 10.1. The van der Waals surface area contributed by atoms with Crippen LogP contribution in [-0.2, 0) is 11.8 Å². The third kappa shape index (κ3) is 4.60. The Balaban J connectivity index is 1.79. The Bertz CT molecular complexity index is 1030. The predicted octanol–water partition coefficient (Wildman–Crippen LogP) is 3.36.